The Bertz CT molecular complexity index is 948. The highest BCUT2D eigenvalue weighted by Crippen LogP contribution is 2.20. The van der Waals surface area contributed by atoms with E-state index in [4.69, 9.17) is 16.6 Å². The minimum absolute atomic E-state index is 0.139. The van der Waals surface area contributed by atoms with Gasteiger partial charge >= 0.3 is 0 Å². The number of hydrazine groups is 1. The Kier molecular flexibility index (Phi) is 5.59. The van der Waals surface area contributed by atoms with Crippen LogP contribution in [0, 0.1) is 0 Å². The average molecular weight is 371 g/mol. The standard InChI is InChI=1S/C20H23ClN4O/c1-4-23(5-2)24(6-3)19-20(26)25(16-13-11-15(21)12-14-16)18-10-8-7-9-17(18)22-19/h7-14H,4-6H2,1-3H3. The summed E-state index contributed by atoms with van der Waals surface area (Å²) in [5.74, 6) is 0.435. The first kappa shape index (κ1) is 18.4. The van der Waals surface area contributed by atoms with Crippen molar-refractivity contribution in [2.45, 2.75) is 20.8 Å². The van der Waals surface area contributed by atoms with Crippen LogP contribution < -0.4 is 10.6 Å². The second-order valence-corrected chi connectivity index (χ2v) is 6.33. The van der Waals surface area contributed by atoms with E-state index in [1.807, 2.05) is 48.3 Å². The molecule has 136 valence electrons. The molecule has 0 amide bonds. The van der Waals surface area contributed by atoms with Crippen molar-refractivity contribution >= 4 is 28.5 Å². The number of benzene rings is 2. The summed E-state index contributed by atoms with van der Waals surface area (Å²) >= 11 is 6.03. The molecule has 0 atom stereocenters. The molecule has 0 saturated carbocycles. The topological polar surface area (TPSA) is 41.4 Å². The lowest BCUT2D eigenvalue weighted by molar-refractivity contribution is 0.276. The lowest BCUT2D eigenvalue weighted by Crippen LogP contribution is -2.46. The highest BCUT2D eigenvalue weighted by atomic mass is 35.5. The van der Waals surface area contributed by atoms with Crippen LogP contribution in [0.25, 0.3) is 16.7 Å². The van der Waals surface area contributed by atoms with Crippen LogP contribution in [0.1, 0.15) is 20.8 Å². The maximum atomic E-state index is 13.4. The third-order valence-electron chi connectivity index (χ3n) is 4.44. The van der Waals surface area contributed by atoms with Crippen molar-refractivity contribution in [3.63, 3.8) is 0 Å². The summed E-state index contributed by atoms with van der Waals surface area (Å²) in [5.41, 5.74) is 2.19. The van der Waals surface area contributed by atoms with E-state index in [9.17, 15) is 4.79 Å². The first-order chi connectivity index (χ1) is 12.6. The zero-order valence-corrected chi connectivity index (χ0v) is 16.1. The number of anilines is 1. The van der Waals surface area contributed by atoms with Gasteiger partial charge in [0, 0.05) is 30.3 Å². The van der Waals surface area contributed by atoms with E-state index < -0.39 is 0 Å². The van der Waals surface area contributed by atoms with Gasteiger partial charge in [0.1, 0.15) is 0 Å². The van der Waals surface area contributed by atoms with Gasteiger partial charge in [-0.15, -0.1) is 0 Å². The monoisotopic (exact) mass is 370 g/mol. The van der Waals surface area contributed by atoms with Gasteiger partial charge in [-0.2, -0.15) is 0 Å². The van der Waals surface area contributed by atoms with E-state index in [2.05, 4.69) is 18.9 Å². The van der Waals surface area contributed by atoms with Gasteiger partial charge in [0.25, 0.3) is 5.56 Å². The molecule has 3 aromatic rings. The van der Waals surface area contributed by atoms with Gasteiger partial charge < -0.3 is 0 Å². The molecule has 1 heterocycles. The van der Waals surface area contributed by atoms with Gasteiger partial charge in [-0.05, 0) is 43.3 Å². The molecule has 0 aliphatic heterocycles. The van der Waals surface area contributed by atoms with Crippen LogP contribution in [0.4, 0.5) is 5.82 Å². The van der Waals surface area contributed by atoms with Crippen molar-refractivity contribution < 1.29 is 0 Å². The molecule has 0 aliphatic carbocycles. The van der Waals surface area contributed by atoms with Crippen molar-refractivity contribution in [1.82, 2.24) is 14.6 Å². The van der Waals surface area contributed by atoms with Gasteiger partial charge in [0.2, 0.25) is 5.82 Å². The summed E-state index contributed by atoms with van der Waals surface area (Å²) in [6, 6.07) is 15.0. The molecule has 2 aromatic carbocycles. The van der Waals surface area contributed by atoms with Crippen molar-refractivity contribution in [2.24, 2.45) is 0 Å². The van der Waals surface area contributed by atoms with Gasteiger partial charge in [0.15, 0.2) is 0 Å². The zero-order valence-electron chi connectivity index (χ0n) is 15.3. The number of hydrogen-bond acceptors (Lipinski definition) is 4. The Morgan fingerprint density at radius 1 is 0.962 bits per heavy atom. The second kappa shape index (κ2) is 7.89. The van der Waals surface area contributed by atoms with Gasteiger partial charge in [-0.25, -0.2) is 9.99 Å². The maximum Gasteiger partial charge on any atom is 0.299 e. The number of rotatable bonds is 6. The lowest BCUT2D eigenvalue weighted by atomic mass is 10.2. The Morgan fingerprint density at radius 2 is 1.62 bits per heavy atom. The third kappa shape index (κ3) is 3.32. The van der Waals surface area contributed by atoms with Crippen LogP contribution >= 0.6 is 11.6 Å². The molecule has 0 aliphatic rings. The van der Waals surface area contributed by atoms with Crippen LogP contribution in [0.15, 0.2) is 53.3 Å². The second-order valence-electron chi connectivity index (χ2n) is 5.90. The number of nitrogens with zero attached hydrogens (tertiary/aromatic N) is 4. The minimum atomic E-state index is -0.139. The molecule has 3 rings (SSSR count). The molecular formula is C20H23ClN4O. The van der Waals surface area contributed by atoms with Crippen molar-refractivity contribution in [3.05, 3.63) is 63.9 Å². The van der Waals surface area contributed by atoms with Crippen molar-refractivity contribution in [3.8, 4) is 5.69 Å². The van der Waals surface area contributed by atoms with Crippen LogP contribution in [-0.4, -0.2) is 34.2 Å². The molecule has 5 nitrogen and oxygen atoms in total. The molecule has 0 saturated heterocycles. The Labute approximate surface area is 158 Å². The largest absolute Gasteiger partial charge is 0.299 e. The molecule has 0 radical (unpaired) electrons. The zero-order chi connectivity index (χ0) is 18.7. The fourth-order valence-electron chi connectivity index (χ4n) is 3.18. The van der Waals surface area contributed by atoms with Crippen LogP contribution in [0.5, 0.6) is 0 Å². The van der Waals surface area contributed by atoms with Crippen molar-refractivity contribution in [1.29, 1.82) is 0 Å². The summed E-state index contributed by atoms with van der Waals surface area (Å²) in [6.07, 6.45) is 0. The number of hydrogen-bond donors (Lipinski definition) is 0. The summed E-state index contributed by atoms with van der Waals surface area (Å²) < 4.78 is 1.71. The van der Waals surface area contributed by atoms with Crippen LogP contribution in [0.3, 0.4) is 0 Å². The third-order valence-corrected chi connectivity index (χ3v) is 4.70. The smallest absolute Gasteiger partial charge is 0.285 e. The number of para-hydroxylation sites is 2. The van der Waals surface area contributed by atoms with E-state index in [1.54, 1.807) is 16.7 Å². The van der Waals surface area contributed by atoms with Gasteiger partial charge in [0.05, 0.1) is 11.0 Å². The van der Waals surface area contributed by atoms with E-state index in [0.29, 0.717) is 17.4 Å². The Hall–Kier alpha value is -2.37. The predicted molar refractivity (Wildman–Crippen MR) is 108 cm³/mol. The Morgan fingerprint density at radius 3 is 2.23 bits per heavy atom. The summed E-state index contributed by atoms with van der Waals surface area (Å²) in [6.45, 7) is 8.46. The molecule has 0 N–H and O–H groups in total. The van der Waals surface area contributed by atoms with Crippen LogP contribution in [-0.2, 0) is 0 Å². The maximum absolute atomic E-state index is 13.4. The predicted octanol–water partition coefficient (Wildman–Crippen LogP) is 4.12. The number of halogens is 1. The number of aromatic nitrogens is 2. The molecule has 0 unspecified atom stereocenters. The van der Waals surface area contributed by atoms with E-state index in [-0.39, 0.29) is 5.56 Å². The van der Waals surface area contributed by atoms with Gasteiger partial charge in [-0.1, -0.05) is 37.6 Å². The average Bonchev–Trinajstić information content (AvgIpc) is 2.67. The molecule has 0 bridgehead atoms. The summed E-state index contributed by atoms with van der Waals surface area (Å²) in [4.78, 5) is 18.1. The van der Waals surface area contributed by atoms with E-state index in [0.717, 1.165) is 29.8 Å². The summed E-state index contributed by atoms with van der Waals surface area (Å²) in [7, 11) is 0. The minimum Gasteiger partial charge on any atom is -0.285 e. The highest BCUT2D eigenvalue weighted by Gasteiger charge is 2.20. The fourth-order valence-corrected chi connectivity index (χ4v) is 3.31. The molecular weight excluding hydrogens is 348 g/mol. The Balaban J connectivity index is 2.31. The number of fused-ring (bicyclic) bond motifs is 1. The molecule has 0 spiro atoms. The fraction of sp³-hybridized carbons (Fsp3) is 0.300. The normalized spacial score (nSPS) is 11.3. The van der Waals surface area contributed by atoms with Crippen LogP contribution in [0.2, 0.25) is 5.02 Å². The van der Waals surface area contributed by atoms with E-state index in [1.165, 1.54) is 0 Å². The highest BCUT2D eigenvalue weighted by molar-refractivity contribution is 6.30. The van der Waals surface area contributed by atoms with Gasteiger partial charge in [-0.3, -0.25) is 14.4 Å². The first-order valence-electron chi connectivity index (χ1n) is 8.90. The van der Waals surface area contributed by atoms with Crippen molar-refractivity contribution in [2.75, 3.05) is 24.6 Å². The quantitative estimate of drug-likeness (QED) is 0.612. The SMILES string of the molecule is CCN(CC)N(CC)c1nc2ccccc2n(-c2ccc(Cl)cc2)c1=O. The molecule has 6 heteroatoms. The molecule has 26 heavy (non-hydrogen) atoms. The lowest BCUT2D eigenvalue weighted by Gasteiger charge is -2.33. The first-order valence-corrected chi connectivity index (χ1v) is 9.28. The van der Waals surface area contributed by atoms with E-state index >= 15 is 0 Å². The molecule has 1 aromatic heterocycles. The molecule has 0 fully saturated rings. The summed E-state index contributed by atoms with van der Waals surface area (Å²) in [5, 5.41) is 4.71.